The lowest BCUT2D eigenvalue weighted by Gasteiger charge is -2.26. The van der Waals surface area contributed by atoms with Crippen molar-refractivity contribution < 1.29 is 4.74 Å². The summed E-state index contributed by atoms with van der Waals surface area (Å²) in [4.78, 5) is 33.1. The number of aromatic nitrogens is 5. The van der Waals surface area contributed by atoms with Crippen molar-refractivity contribution in [3.8, 4) is 0 Å². The van der Waals surface area contributed by atoms with E-state index < -0.39 is 0 Å². The van der Waals surface area contributed by atoms with Gasteiger partial charge in [0.15, 0.2) is 11.2 Å². The predicted molar refractivity (Wildman–Crippen MR) is 107 cm³/mol. The summed E-state index contributed by atoms with van der Waals surface area (Å²) in [6.07, 6.45) is 0.969. The van der Waals surface area contributed by atoms with E-state index >= 15 is 0 Å². The van der Waals surface area contributed by atoms with Gasteiger partial charge in [-0.25, -0.2) is 4.79 Å². The highest BCUT2D eigenvalue weighted by atomic mass is 16.5. The number of hydrogen-bond acceptors (Lipinski definition) is 5. The molecule has 1 aliphatic heterocycles. The lowest BCUT2D eigenvalue weighted by molar-refractivity contribution is 0.0361. The minimum atomic E-state index is -0.317. The third kappa shape index (κ3) is 2.80. The van der Waals surface area contributed by atoms with E-state index in [1.54, 1.807) is 7.05 Å². The first-order chi connectivity index (χ1) is 13.5. The van der Waals surface area contributed by atoms with E-state index in [2.05, 4.69) is 21.4 Å². The molecule has 1 fully saturated rings. The maximum atomic E-state index is 13.3. The zero-order chi connectivity index (χ0) is 20.0. The summed E-state index contributed by atoms with van der Waals surface area (Å²) in [6, 6.07) is 0. The topological polar surface area (TPSA) is 78.7 Å². The van der Waals surface area contributed by atoms with Gasteiger partial charge in [-0.05, 0) is 20.3 Å². The summed E-state index contributed by atoms with van der Waals surface area (Å²) in [7, 11) is 1.69. The van der Waals surface area contributed by atoms with E-state index in [0.29, 0.717) is 37.5 Å². The Labute approximate surface area is 162 Å². The second kappa shape index (κ2) is 7.21. The molecule has 0 saturated carbocycles. The maximum absolute atomic E-state index is 13.3. The molecular formula is C19H28N6O3. The molecule has 3 aromatic rings. The molecule has 0 unspecified atom stereocenters. The van der Waals surface area contributed by atoms with Gasteiger partial charge in [-0.2, -0.15) is 4.98 Å². The number of hydrogen-bond donors (Lipinski definition) is 0. The van der Waals surface area contributed by atoms with Crippen molar-refractivity contribution in [2.45, 2.75) is 40.3 Å². The number of rotatable bonds is 5. The molecule has 0 radical (unpaired) electrons. The molecule has 4 rings (SSSR count). The summed E-state index contributed by atoms with van der Waals surface area (Å²) in [5, 5.41) is 0. The molecule has 152 valence electrons. The SMILES string of the molecule is CCCn1c(C)c(C)n2c3c(=O)n(CCN4CCOCC4)c(=O)n(C)c3nc12. The monoisotopic (exact) mass is 388 g/mol. The Morgan fingerprint density at radius 1 is 1.00 bits per heavy atom. The number of ether oxygens (including phenoxy) is 1. The quantitative estimate of drug-likeness (QED) is 0.636. The smallest absolute Gasteiger partial charge is 0.332 e. The van der Waals surface area contributed by atoms with Gasteiger partial charge in [0.2, 0.25) is 5.78 Å². The highest BCUT2D eigenvalue weighted by molar-refractivity contribution is 5.76. The van der Waals surface area contributed by atoms with Gasteiger partial charge in [-0.3, -0.25) is 23.2 Å². The van der Waals surface area contributed by atoms with Crippen molar-refractivity contribution >= 4 is 16.9 Å². The van der Waals surface area contributed by atoms with Crippen molar-refractivity contribution in [1.29, 1.82) is 0 Å². The van der Waals surface area contributed by atoms with E-state index in [-0.39, 0.29) is 11.2 Å². The molecular weight excluding hydrogens is 360 g/mol. The molecule has 0 spiro atoms. The van der Waals surface area contributed by atoms with E-state index in [0.717, 1.165) is 43.2 Å². The molecule has 0 bridgehead atoms. The molecule has 0 atom stereocenters. The predicted octanol–water partition coefficient (Wildman–Crippen LogP) is 0.508. The molecule has 0 N–H and O–H groups in total. The van der Waals surface area contributed by atoms with E-state index in [1.807, 2.05) is 18.2 Å². The van der Waals surface area contributed by atoms with Crippen LogP contribution in [0.1, 0.15) is 24.7 Å². The van der Waals surface area contributed by atoms with Crippen molar-refractivity contribution in [2.75, 3.05) is 32.8 Å². The minimum absolute atomic E-state index is 0.268. The summed E-state index contributed by atoms with van der Waals surface area (Å²) >= 11 is 0. The van der Waals surface area contributed by atoms with Crippen LogP contribution in [0.2, 0.25) is 0 Å². The van der Waals surface area contributed by atoms with Crippen LogP contribution in [0, 0.1) is 13.8 Å². The fourth-order valence-corrected chi connectivity index (χ4v) is 4.07. The summed E-state index contributed by atoms with van der Waals surface area (Å²) < 4.78 is 12.2. The van der Waals surface area contributed by atoms with E-state index in [1.165, 1.54) is 9.13 Å². The van der Waals surface area contributed by atoms with Crippen molar-refractivity contribution in [3.63, 3.8) is 0 Å². The zero-order valence-electron chi connectivity index (χ0n) is 17.1. The summed E-state index contributed by atoms with van der Waals surface area (Å²) in [5.41, 5.74) is 2.43. The third-order valence-corrected chi connectivity index (χ3v) is 5.82. The molecule has 3 aromatic heterocycles. The van der Waals surface area contributed by atoms with E-state index in [4.69, 9.17) is 4.74 Å². The molecule has 1 saturated heterocycles. The first-order valence-corrected chi connectivity index (χ1v) is 9.93. The van der Waals surface area contributed by atoms with Crippen molar-refractivity contribution in [2.24, 2.45) is 7.05 Å². The second-order valence-electron chi connectivity index (χ2n) is 7.49. The molecule has 9 nitrogen and oxygen atoms in total. The van der Waals surface area contributed by atoms with Crippen LogP contribution < -0.4 is 11.2 Å². The summed E-state index contributed by atoms with van der Waals surface area (Å²) in [6.45, 7) is 11.0. The molecule has 0 aliphatic carbocycles. The second-order valence-corrected chi connectivity index (χ2v) is 7.49. The molecule has 9 heteroatoms. The van der Waals surface area contributed by atoms with Crippen LogP contribution in [0.4, 0.5) is 0 Å². The van der Waals surface area contributed by atoms with Crippen LogP contribution in [0.25, 0.3) is 16.9 Å². The standard InChI is InChI=1S/C19H28N6O3/c1-5-6-23-13(2)14(3)25-15-16(20-18(23)25)21(4)19(27)24(17(15)26)8-7-22-9-11-28-12-10-22/h5-12H2,1-4H3. The zero-order valence-corrected chi connectivity index (χ0v) is 17.1. The highest BCUT2D eigenvalue weighted by Crippen LogP contribution is 2.20. The van der Waals surface area contributed by atoms with Crippen LogP contribution in [0.5, 0.6) is 0 Å². The van der Waals surface area contributed by atoms with Crippen molar-refractivity contribution in [1.82, 2.24) is 28.0 Å². The molecule has 1 aliphatic rings. The number of nitrogens with zero attached hydrogens (tertiary/aromatic N) is 6. The van der Waals surface area contributed by atoms with Gasteiger partial charge in [0.05, 0.1) is 13.2 Å². The molecule has 0 aromatic carbocycles. The lowest BCUT2D eigenvalue weighted by atomic mass is 10.3. The Morgan fingerprint density at radius 3 is 2.39 bits per heavy atom. The largest absolute Gasteiger partial charge is 0.379 e. The normalized spacial score (nSPS) is 15.9. The number of imidazole rings is 2. The van der Waals surface area contributed by atoms with Crippen LogP contribution in [-0.4, -0.2) is 60.8 Å². The number of fused-ring (bicyclic) bond motifs is 3. The molecule has 4 heterocycles. The Kier molecular flexibility index (Phi) is 4.88. The van der Waals surface area contributed by atoms with Gasteiger partial charge in [0, 0.05) is 51.2 Å². The van der Waals surface area contributed by atoms with Crippen LogP contribution in [-0.2, 0) is 24.9 Å². The Hall–Kier alpha value is -2.39. The van der Waals surface area contributed by atoms with Crippen LogP contribution in [0.3, 0.4) is 0 Å². The van der Waals surface area contributed by atoms with Crippen molar-refractivity contribution in [3.05, 3.63) is 32.2 Å². The average Bonchev–Trinajstić information content (AvgIpc) is 3.19. The Balaban J connectivity index is 1.88. The van der Waals surface area contributed by atoms with Gasteiger partial charge >= 0.3 is 5.69 Å². The van der Waals surface area contributed by atoms with Crippen LogP contribution in [0.15, 0.2) is 9.59 Å². The Morgan fingerprint density at radius 2 is 1.71 bits per heavy atom. The van der Waals surface area contributed by atoms with Gasteiger partial charge in [0.1, 0.15) is 0 Å². The first kappa shape index (κ1) is 18.9. The number of morpholine rings is 1. The van der Waals surface area contributed by atoms with Gasteiger partial charge in [0.25, 0.3) is 5.56 Å². The van der Waals surface area contributed by atoms with Gasteiger partial charge < -0.3 is 9.30 Å². The average molecular weight is 388 g/mol. The fourth-order valence-electron chi connectivity index (χ4n) is 4.07. The van der Waals surface area contributed by atoms with E-state index in [9.17, 15) is 9.59 Å². The lowest BCUT2D eigenvalue weighted by Crippen LogP contribution is -2.44. The van der Waals surface area contributed by atoms with Crippen LogP contribution >= 0.6 is 0 Å². The fraction of sp³-hybridized carbons (Fsp3) is 0.632. The third-order valence-electron chi connectivity index (χ3n) is 5.82. The van der Waals surface area contributed by atoms with Gasteiger partial charge in [-0.1, -0.05) is 6.92 Å². The summed E-state index contributed by atoms with van der Waals surface area (Å²) in [5.74, 6) is 0.727. The highest BCUT2D eigenvalue weighted by Gasteiger charge is 2.22. The minimum Gasteiger partial charge on any atom is -0.379 e. The first-order valence-electron chi connectivity index (χ1n) is 9.93. The maximum Gasteiger partial charge on any atom is 0.332 e. The molecule has 0 amide bonds. The van der Waals surface area contributed by atoms with Gasteiger partial charge in [-0.15, -0.1) is 0 Å². The Bertz CT molecular complexity index is 1140. The number of aryl methyl sites for hydroxylation is 3. The molecule has 28 heavy (non-hydrogen) atoms.